The van der Waals surface area contributed by atoms with E-state index in [0.29, 0.717) is 0 Å². The molecule has 0 aromatic heterocycles. The van der Waals surface area contributed by atoms with Crippen molar-refractivity contribution in [3.8, 4) is 0 Å². The topological polar surface area (TPSA) is 52.6 Å². The van der Waals surface area contributed by atoms with E-state index in [0.717, 1.165) is 24.3 Å². The average molecular weight is 573 g/mol. The largest absolute Gasteiger partial charge is 0.448 e. The number of esters is 2. The molecule has 0 amide bonds. The van der Waals surface area contributed by atoms with Gasteiger partial charge in [-0.3, -0.25) is 0 Å². The van der Waals surface area contributed by atoms with E-state index in [1.807, 2.05) is 13.8 Å². The molecule has 2 unspecified atom stereocenters. The van der Waals surface area contributed by atoms with Crippen LogP contribution in [0.25, 0.3) is 0 Å². The molecule has 38 heavy (non-hydrogen) atoms. The third kappa shape index (κ3) is 28.4. The molecule has 0 saturated carbocycles. The molecule has 0 radical (unpaired) electrons. The smallest absolute Gasteiger partial charge is 0.332 e. The molecule has 0 spiro atoms. The summed E-state index contributed by atoms with van der Waals surface area (Å²) in [7, 11) is 0. The van der Waals surface area contributed by atoms with Crippen LogP contribution in [0.15, 0.2) is 12.2 Å². The Hall–Kier alpha value is -0.620. The zero-order valence-electron chi connectivity index (χ0n) is 25.3. The lowest BCUT2D eigenvalue weighted by atomic mass is 10.1. The van der Waals surface area contributed by atoms with Crippen molar-refractivity contribution >= 4 is 35.5 Å². The summed E-state index contributed by atoms with van der Waals surface area (Å²) in [6, 6.07) is 0. The summed E-state index contributed by atoms with van der Waals surface area (Å²) in [5, 5.41) is 0. The van der Waals surface area contributed by atoms with Gasteiger partial charge in [0.2, 0.25) is 0 Å². The van der Waals surface area contributed by atoms with Crippen molar-refractivity contribution in [1.82, 2.24) is 0 Å². The molecule has 0 aliphatic carbocycles. The van der Waals surface area contributed by atoms with Crippen LogP contribution in [0.1, 0.15) is 156 Å². The van der Waals surface area contributed by atoms with E-state index in [9.17, 15) is 9.59 Å². The fraction of sp³-hybridized carbons (Fsp3) is 0.875. The lowest BCUT2D eigenvalue weighted by Gasteiger charge is -2.12. The predicted octanol–water partition coefficient (Wildman–Crippen LogP) is 10.6. The molecule has 0 N–H and O–H groups in total. The third-order valence-electron chi connectivity index (χ3n) is 6.62. The Morgan fingerprint density at radius 1 is 0.500 bits per heavy atom. The molecule has 4 nitrogen and oxygen atoms in total. The van der Waals surface area contributed by atoms with E-state index in [1.54, 1.807) is 23.5 Å². The van der Waals surface area contributed by atoms with Crippen molar-refractivity contribution in [3.05, 3.63) is 12.2 Å². The van der Waals surface area contributed by atoms with Crippen LogP contribution < -0.4 is 0 Å². The molecule has 0 heterocycles. The zero-order valence-corrected chi connectivity index (χ0v) is 26.9. The molecule has 0 aliphatic heterocycles. The molecule has 0 fully saturated rings. The molecule has 6 heteroatoms. The molecule has 0 rings (SSSR count). The maximum Gasteiger partial charge on any atom is 0.332 e. The van der Waals surface area contributed by atoms with Crippen molar-refractivity contribution < 1.29 is 19.1 Å². The molecule has 2 atom stereocenters. The van der Waals surface area contributed by atoms with Gasteiger partial charge >= 0.3 is 11.9 Å². The highest BCUT2D eigenvalue weighted by atomic mass is 32.2. The van der Waals surface area contributed by atoms with Crippen LogP contribution in [-0.2, 0) is 19.1 Å². The minimum atomic E-state index is -0.490. The van der Waals surface area contributed by atoms with E-state index in [-0.39, 0.29) is 10.9 Å². The summed E-state index contributed by atoms with van der Waals surface area (Å²) in [5.74, 6) is 1.00. The van der Waals surface area contributed by atoms with Gasteiger partial charge in [0.1, 0.15) is 10.9 Å². The summed E-state index contributed by atoms with van der Waals surface area (Å²) >= 11 is 3.30. The third-order valence-corrected chi connectivity index (χ3v) is 8.80. The Labute approximate surface area is 244 Å². The van der Waals surface area contributed by atoms with Gasteiger partial charge in [0.25, 0.3) is 0 Å². The second kappa shape index (κ2) is 29.4. The molecule has 0 aromatic carbocycles. The summed E-state index contributed by atoms with van der Waals surface area (Å²) < 4.78 is 10.7. The number of hydrogen-bond acceptors (Lipinski definition) is 6. The van der Waals surface area contributed by atoms with Crippen LogP contribution >= 0.6 is 23.5 Å². The van der Waals surface area contributed by atoms with Crippen molar-refractivity contribution in [2.24, 2.45) is 0 Å². The first-order valence-corrected chi connectivity index (χ1v) is 17.9. The number of carbonyl (C=O) groups is 2. The second-order valence-electron chi connectivity index (χ2n) is 10.4. The Bertz CT molecular complexity index is 520. The Morgan fingerprint density at radius 3 is 1.05 bits per heavy atom. The maximum absolute atomic E-state index is 12.0. The predicted molar refractivity (Wildman–Crippen MR) is 169 cm³/mol. The van der Waals surface area contributed by atoms with Gasteiger partial charge in [-0.1, -0.05) is 129 Å². The van der Waals surface area contributed by atoms with Gasteiger partial charge in [-0.25, -0.2) is 9.59 Å². The summed E-state index contributed by atoms with van der Waals surface area (Å²) in [6.07, 6.45) is 28.8. The van der Waals surface area contributed by atoms with E-state index < -0.39 is 11.9 Å². The number of ether oxygens (including phenoxy) is 2. The monoisotopic (exact) mass is 572 g/mol. The zero-order chi connectivity index (χ0) is 28.1. The van der Waals surface area contributed by atoms with E-state index in [1.165, 1.54) is 128 Å². The minimum absolute atomic E-state index is 0.211. The number of hydrogen-bond donors (Lipinski definition) is 0. The Kier molecular flexibility index (Phi) is 28.9. The first kappa shape index (κ1) is 37.4. The van der Waals surface area contributed by atoms with Gasteiger partial charge < -0.3 is 9.47 Å². The van der Waals surface area contributed by atoms with Crippen molar-refractivity contribution in [2.75, 3.05) is 11.5 Å². The highest BCUT2D eigenvalue weighted by Crippen LogP contribution is 2.18. The van der Waals surface area contributed by atoms with Crippen LogP contribution in [0.5, 0.6) is 0 Å². The van der Waals surface area contributed by atoms with Crippen LogP contribution in [0.2, 0.25) is 0 Å². The van der Waals surface area contributed by atoms with Crippen LogP contribution in [0, 0.1) is 0 Å². The Morgan fingerprint density at radius 2 is 0.763 bits per heavy atom. The highest BCUT2D eigenvalue weighted by molar-refractivity contribution is 7.99. The summed E-state index contributed by atoms with van der Waals surface area (Å²) in [5.41, 5.74) is -0.422. The molecule has 0 bridgehead atoms. The van der Waals surface area contributed by atoms with Gasteiger partial charge in [-0.2, -0.15) is 0 Å². The van der Waals surface area contributed by atoms with Crippen LogP contribution in [0.3, 0.4) is 0 Å². The molecular weight excluding hydrogens is 512 g/mol. The first-order valence-electron chi connectivity index (χ1n) is 15.8. The number of rotatable bonds is 28. The van der Waals surface area contributed by atoms with Gasteiger partial charge in [0.15, 0.2) is 0 Å². The maximum atomic E-state index is 12.0. The Balaban J connectivity index is 3.64. The van der Waals surface area contributed by atoms with Gasteiger partial charge in [-0.15, -0.1) is 23.5 Å². The molecule has 0 aliphatic rings. The lowest BCUT2D eigenvalue weighted by Crippen LogP contribution is -2.12. The summed E-state index contributed by atoms with van der Waals surface area (Å²) in [4.78, 5) is 24.0. The number of unbranched alkanes of at least 4 members (excludes halogenated alkanes) is 18. The van der Waals surface area contributed by atoms with Gasteiger partial charge in [0.05, 0.1) is 0 Å². The van der Waals surface area contributed by atoms with E-state index in [4.69, 9.17) is 9.47 Å². The van der Waals surface area contributed by atoms with E-state index >= 15 is 0 Å². The van der Waals surface area contributed by atoms with Crippen molar-refractivity contribution in [2.45, 2.75) is 167 Å². The highest BCUT2D eigenvalue weighted by Gasteiger charge is 2.10. The van der Waals surface area contributed by atoms with E-state index in [2.05, 4.69) is 13.8 Å². The molecule has 0 saturated heterocycles. The number of thioether (sulfide) groups is 2. The molecule has 224 valence electrons. The van der Waals surface area contributed by atoms with Crippen molar-refractivity contribution in [1.29, 1.82) is 0 Å². The second-order valence-corrected chi connectivity index (χ2v) is 13.3. The molecule has 0 aromatic rings. The SMILES string of the molecule is CCCCCCCCCCCCSC(C)OC(=O)/C=C\C(=O)OC(C)SCCCCCCCCCCCC. The lowest BCUT2D eigenvalue weighted by molar-refractivity contribution is -0.141. The van der Waals surface area contributed by atoms with Gasteiger partial charge in [0, 0.05) is 12.2 Å². The quantitative estimate of drug-likeness (QED) is 0.0402. The fourth-order valence-corrected chi connectivity index (χ4v) is 6.02. The first-order chi connectivity index (χ1) is 18.5. The van der Waals surface area contributed by atoms with Crippen LogP contribution in [-0.4, -0.2) is 34.3 Å². The minimum Gasteiger partial charge on any atom is -0.448 e. The number of carbonyl (C=O) groups excluding carboxylic acids is 2. The van der Waals surface area contributed by atoms with Crippen LogP contribution in [0.4, 0.5) is 0 Å². The standard InChI is InChI=1S/C32H60O4S2/c1-5-7-9-11-13-15-17-19-21-23-27-37-29(3)35-31(33)25-26-32(34)36-30(4)38-28-24-22-20-18-16-14-12-10-8-6-2/h25-26,29-30H,5-24,27-28H2,1-4H3/b26-25-. The average Bonchev–Trinajstić information content (AvgIpc) is 2.89. The summed E-state index contributed by atoms with van der Waals surface area (Å²) in [6.45, 7) is 8.29. The molecular formula is C32H60O4S2. The van der Waals surface area contributed by atoms with Crippen molar-refractivity contribution in [3.63, 3.8) is 0 Å². The normalized spacial score (nSPS) is 13.1. The van der Waals surface area contributed by atoms with Gasteiger partial charge in [-0.05, 0) is 38.2 Å². The fourth-order valence-electron chi connectivity index (χ4n) is 4.29.